The topological polar surface area (TPSA) is 12.0 Å². The number of benzene rings is 2. The van der Waals surface area contributed by atoms with Crippen molar-refractivity contribution < 1.29 is 4.39 Å². The maximum Gasteiger partial charge on any atom is 0.146 e. The molecule has 0 saturated heterocycles. The van der Waals surface area contributed by atoms with Crippen molar-refractivity contribution in [1.29, 1.82) is 0 Å². The number of hydrogen-bond acceptors (Lipinski definition) is 1. The van der Waals surface area contributed by atoms with Crippen LogP contribution in [0.3, 0.4) is 0 Å². The van der Waals surface area contributed by atoms with Crippen molar-refractivity contribution >= 4 is 5.69 Å². The zero-order chi connectivity index (χ0) is 14.3. The van der Waals surface area contributed by atoms with E-state index in [4.69, 9.17) is 0 Å². The van der Waals surface area contributed by atoms with Gasteiger partial charge in [-0.05, 0) is 47.6 Å². The maximum absolute atomic E-state index is 14.1. The molecular formula is C18H20FN. The van der Waals surface area contributed by atoms with Crippen LogP contribution in [-0.2, 0) is 6.42 Å². The van der Waals surface area contributed by atoms with Crippen LogP contribution >= 0.6 is 0 Å². The minimum absolute atomic E-state index is 0.0843. The first kappa shape index (κ1) is 13.2. The van der Waals surface area contributed by atoms with Gasteiger partial charge in [0.1, 0.15) is 5.82 Å². The minimum atomic E-state index is -0.176. The van der Waals surface area contributed by atoms with Crippen LogP contribution in [0.1, 0.15) is 36.6 Å². The van der Waals surface area contributed by atoms with Crippen molar-refractivity contribution in [2.75, 3.05) is 5.32 Å². The van der Waals surface area contributed by atoms with Gasteiger partial charge in [0.2, 0.25) is 0 Å². The fraction of sp³-hybridized carbons (Fsp3) is 0.333. The van der Waals surface area contributed by atoms with Crippen molar-refractivity contribution in [3.63, 3.8) is 0 Å². The van der Waals surface area contributed by atoms with Crippen LogP contribution in [0, 0.1) is 18.2 Å². The highest BCUT2D eigenvalue weighted by molar-refractivity contribution is 5.51. The summed E-state index contributed by atoms with van der Waals surface area (Å²) in [6.45, 7) is 6.37. The summed E-state index contributed by atoms with van der Waals surface area (Å²) in [6, 6.07) is 14.0. The summed E-state index contributed by atoms with van der Waals surface area (Å²) in [5.41, 5.74) is 4.27. The molecule has 0 heterocycles. The Morgan fingerprint density at radius 2 is 1.90 bits per heavy atom. The third-order valence-electron chi connectivity index (χ3n) is 4.22. The summed E-state index contributed by atoms with van der Waals surface area (Å²) in [4.78, 5) is 0. The van der Waals surface area contributed by atoms with Crippen LogP contribution in [0.2, 0.25) is 0 Å². The Balaban J connectivity index is 1.97. The van der Waals surface area contributed by atoms with Crippen molar-refractivity contribution in [3.05, 3.63) is 65.0 Å². The molecule has 20 heavy (non-hydrogen) atoms. The zero-order valence-electron chi connectivity index (χ0n) is 12.2. The largest absolute Gasteiger partial charge is 0.375 e. The summed E-state index contributed by atoms with van der Waals surface area (Å²) in [7, 11) is 0. The first-order valence-electron chi connectivity index (χ1n) is 7.08. The van der Waals surface area contributed by atoms with Gasteiger partial charge in [0.05, 0.1) is 11.7 Å². The number of rotatable bonds is 2. The average molecular weight is 269 g/mol. The molecule has 1 N–H and O–H groups in total. The van der Waals surface area contributed by atoms with Crippen LogP contribution in [0.5, 0.6) is 0 Å². The van der Waals surface area contributed by atoms with Crippen molar-refractivity contribution in [3.8, 4) is 0 Å². The third kappa shape index (κ3) is 2.20. The molecule has 0 aromatic heterocycles. The summed E-state index contributed by atoms with van der Waals surface area (Å²) in [6.07, 6.45) is 1.02. The van der Waals surface area contributed by atoms with Gasteiger partial charge in [-0.3, -0.25) is 0 Å². The van der Waals surface area contributed by atoms with Crippen LogP contribution in [0.25, 0.3) is 0 Å². The van der Waals surface area contributed by atoms with E-state index in [0.717, 1.165) is 12.0 Å². The van der Waals surface area contributed by atoms with Crippen molar-refractivity contribution in [2.24, 2.45) is 5.41 Å². The molecule has 0 bridgehead atoms. The Morgan fingerprint density at radius 1 is 1.15 bits per heavy atom. The highest BCUT2D eigenvalue weighted by Crippen LogP contribution is 2.46. The monoisotopic (exact) mass is 269 g/mol. The van der Waals surface area contributed by atoms with E-state index < -0.39 is 0 Å². The quantitative estimate of drug-likeness (QED) is 0.820. The molecular weight excluding hydrogens is 249 g/mol. The molecule has 1 atom stereocenters. The second-order valence-electron chi connectivity index (χ2n) is 6.42. The predicted octanol–water partition coefficient (Wildman–Crippen LogP) is 4.87. The molecule has 0 spiro atoms. The lowest BCUT2D eigenvalue weighted by Gasteiger charge is -2.29. The molecule has 0 saturated carbocycles. The van der Waals surface area contributed by atoms with Crippen molar-refractivity contribution in [2.45, 2.75) is 33.2 Å². The molecule has 2 aromatic carbocycles. The Kier molecular flexibility index (Phi) is 3.04. The molecule has 3 rings (SSSR count). The summed E-state index contributed by atoms with van der Waals surface area (Å²) >= 11 is 0. The SMILES string of the molecule is Cc1ccc(NC2c3ccccc3CC2(C)C)c(F)c1. The average Bonchev–Trinajstić information content (AvgIpc) is 2.63. The number of halogens is 1. The molecule has 1 nitrogen and oxygen atoms in total. The highest BCUT2D eigenvalue weighted by Gasteiger charge is 2.38. The molecule has 1 unspecified atom stereocenters. The van der Waals surface area contributed by atoms with Gasteiger partial charge in [0.25, 0.3) is 0 Å². The first-order valence-corrected chi connectivity index (χ1v) is 7.08. The lowest BCUT2D eigenvalue weighted by atomic mass is 9.85. The van der Waals surface area contributed by atoms with Gasteiger partial charge in [-0.1, -0.05) is 44.2 Å². The molecule has 2 heteroatoms. The standard InChI is InChI=1S/C18H20FN/c1-12-8-9-16(15(19)10-12)20-17-14-7-5-4-6-13(14)11-18(17,2)3/h4-10,17,20H,11H2,1-3H3. The highest BCUT2D eigenvalue weighted by atomic mass is 19.1. The van der Waals surface area contributed by atoms with E-state index in [1.54, 1.807) is 6.07 Å². The van der Waals surface area contributed by atoms with E-state index in [0.29, 0.717) is 5.69 Å². The molecule has 104 valence electrons. The Labute approximate surface area is 119 Å². The van der Waals surface area contributed by atoms with E-state index in [2.05, 4.69) is 43.4 Å². The predicted molar refractivity (Wildman–Crippen MR) is 81.4 cm³/mol. The third-order valence-corrected chi connectivity index (χ3v) is 4.22. The fourth-order valence-electron chi connectivity index (χ4n) is 3.16. The summed E-state index contributed by atoms with van der Waals surface area (Å²) in [5.74, 6) is -0.176. The molecule has 2 aromatic rings. The van der Waals surface area contributed by atoms with Gasteiger partial charge in [-0.2, -0.15) is 0 Å². The molecule has 0 amide bonds. The van der Waals surface area contributed by atoms with Gasteiger partial charge in [0.15, 0.2) is 0 Å². The fourth-order valence-corrected chi connectivity index (χ4v) is 3.16. The number of hydrogen-bond donors (Lipinski definition) is 1. The molecule has 1 aliphatic rings. The van der Waals surface area contributed by atoms with Crippen LogP contribution in [0.4, 0.5) is 10.1 Å². The number of fused-ring (bicyclic) bond motifs is 1. The zero-order valence-corrected chi connectivity index (χ0v) is 12.2. The van der Waals surface area contributed by atoms with Gasteiger partial charge in [0, 0.05) is 0 Å². The molecule has 0 aliphatic heterocycles. The lowest BCUT2D eigenvalue weighted by molar-refractivity contribution is 0.336. The van der Waals surface area contributed by atoms with E-state index in [1.807, 2.05) is 19.1 Å². The number of anilines is 1. The molecule has 0 radical (unpaired) electrons. The number of aryl methyl sites for hydroxylation is 1. The maximum atomic E-state index is 14.1. The summed E-state index contributed by atoms with van der Waals surface area (Å²) < 4.78 is 14.1. The van der Waals surface area contributed by atoms with Gasteiger partial charge in [-0.15, -0.1) is 0 Å². The van der Waals surface area contributed by atoms with E-state index in [9.17, 15) is 4.39 Å². The van der Waals surface area contributed by atoms with Crippen LogP contribution < -0.4 is 5.32 Å². The number of nitrogens with one attached hydrogen (secondary N) is 1. The Bertz CT molecular complexity index is 646. The smallest absolute Gasteiger partial charge is 0.146 e. The lowest BCUT2D eigenvalue weighted by Crippen LogP contribution is -2.24. The first-order chi connectivity index (χ1) is 9.47. The van der Waals surface area contributed by atoms with E-state index >= 15 is 0 Å². The second-order valence-corrected chi connectivity index (χ2v) is 6.42. The van der Waals surface area contributed by atoms with E-state index in [1.165, 1.54) is 11.1 Å². The van der Waals surface area contributed by atoms with Crippen LogP contribution in [-0.4, -0.2) is 0 Å². The van der Waals surface area contributed by atoms with E-state index in [-0.39, 0.29) is 17.3 Å². The van der Waals surface area contributed by atoms with Gasteiger partial charge >= 0.3 is 0 Å². The van der Waals surface area contributed by atoms with Crippen LogP contribution in [0.15, 0.2) is 42.5 Å². The van der Waals surface area contributed by atoms with Gasteiger partial charge < -0.3 is 5.32 Å². The second kappa shape index (κ2) is 4.62. The van der Waals surface area contributed by atoms with Gasteiger partial charge in [-0.25, -0.2) is 4.39 Å². The minimum Gasteiger partial charge on any atom is -0.375 e. The Hall–Kier alpha value is -1.83. The normalized spacial score (nSPS) is 19.7. The summed E-state index contributed by atoms with van der Waals surface area (Å²) in [5, 5.41) is 3.41. The van der Waals surface area contributed by atoms with Crippen molar-refractivity contribution in [1.82, 2.24) is 0 Å². The molecule has 1 aliphatic carbocycles. The Morgan fingerprint density at radius 3 is 2.65 bits per heavy atom. The molecule has 0 fully saturated rings.